The van der Waals surface area contributed by atoms with Gasteiger partial charge < -0.3 is 9.84 Å². The van der Waals surface area contributed by atoms with Crippen LogP contribution in [-0.2, 0) is 9.53 Å². The van der Waals surface area contributed by atoms with Crippen molar-refractivity contribution in [1.29, 1.82) is 0 Å². The predicted octanol–water partition coefficient (Wildman–Crippen LogP) is 1.56. The summed E-state index contributed by atoms with van der Waals surface area (Å²) in [7, 11) is 0. The lowest BCUT2D eigenvalue weighted by atomic mass is 9.96. The van der Waals surface area contributed by atoms with Gasteiger partial charge in [0.15, 0.2) is 0 Å². The molecule has 0 aromatic heterocycles. The minimum atomic E-state index is -0.946. The normalized spacial score (nSPS) is 22.9. The molecule has 0 aromatic carbocycles. The number of amides is 2. The third kappa shape index (κ3) is 2.72. The topological polar surface area (TPSA) is 66.8 Å². The molecule has 0 unspecified atom stereocenters. The molecule has 0 spiro atoms. The molecule has 1 heterocycles. The van der Waals surface area contributed by atoms with Crippen molar-refractivity contribution in [2.45, 2.75) is 39.8 Å². The molecule has 18 heavy (non-hydrogen) atoms. The number of hydrogen-bond donors (Lipinski definition) is 1. The van der Waals surface area contributed by atoms with Gasteiger partial charge in [0.2, 0.25) is 5.91 Å². The van der Waals surface area contributed by atoms with E-state index in [1.165, 1.54) is 0 Å². The van der Waals surface area contributed by atoms with Crippen LogP contribution in [0.1, 0.15) is 27.7 Å². The number of imide groups is 1. The number of cyclic esters (lactones) is 1. The molecule has 3 atom stereocenters. The van der Waals surface area contributed by atoms with Crippen LogP contribution in [0.2, 0.25) is 0 Å². The number of carbonyl (C=O) groups is 2. The Kier molecular flexibility index (Phi) is 4.51. The monoisotopic (exact) mass is 255 g/mol. The Bertz CT molecular complexity index is 364. The van der Waals surface area contributed by atoms with Crippen molar-refractivity contribution in [2.75, 3.05) is 6.61 Å². The number of carbonyl (C=O) groups excluding carboxylic acids is 2. The molecular weight excluding hydrogens is 234 g/mol. The maximum Gasteiger partial charge on any atom is 0.416 e. The Morgan fingerprint density at radius 1 is 1.50 bits per heavy atom. The first-order valence-electron chi connectivity index (χ1n) is 6.10. The van der Waals surface area contributed by atoms with E-state index in [4.69, 9.17) is 4.74 Å². The predicted molar refractivity (Wildman–Crippen MR) is 66.8 cm³/mol. The molecule has 1 rings (SSSR count). The molecule has 5 heteroatoms. The summed E-state index contributed by atoms with van der Waals surface area (Å²) in [6, 6.07) is -0.259. The van der Waals surface area contributed by atoms with E-state index in [1.807, 2.05) is 13.8 Å². The summed E-state index contributed by atoms with van der Waals surface area (Å²) < 4.78 is 4.91. The fourth-order valence-corrected chi connectivity index (χ4v) is 1.96. The number of ether oxygens (including phenoxy) is 1. The lowest BCUT2D eigenvalue weighted by Crippen LogP contribution is -2.46. The van der Waals surface area contributed by atoms with E-state index in [2.05, 4.69) is 6.58 Å². The smallest absolute Gasteiger partial charge is 0.416 e. The number of nitrogens with zero attached hydrogens (tertiary/aromatic N) is 1. The van der Waals surface area contributed by atoms with Gasteiger partial charge in [0.05, 0.1) is 18.1 Å². The van der Waals surface area contributed by atoms with Gasteiger partial charge in [-0.25, -0.2) is 9.69 Å². The number of rotatable bonds is 4. The molecule has 0 saturated carbocycles. The van der Waals surface area contributed by atoms with E-state index in [1.54, 1.807) is 13.8 Å². The molecule has 0 aromatic rings. The molecule has 1 N–H and O–H groups in total. The van der Waals surface area contributed by atoms with Crippen LogP contribution in [0.15, 0.2) is 12.2 Å². The van der Waals surface area contributed by atoms with Crippen LogP contribution in [0.4, 0.5) is 4.79 Å². The quantitative estimate of drug-likeness (QED) is 0.774. The number of aliphatic hydroxyl groups is 1. The SMILES string of the molecule is C=C(C)[C@@H](O)[C@@H](C)C(=O)N1C(=O)OC[C@@H]1C(C)C. The fraction of sp³-hybridized carbons (Fsp3) is 0.692. The van der Waals surface area contributed by atoms with Gasteiger partial charge in [-0.1, -0.05) is 32.9 Å². The summed E-state index contributed by atoms with van der Waals surface area (Å²) in [5.74, 6) is -0.990. The van der Waals surface area contributed by atoms with Crippen molar-refractivity contribution in [3.63, 3.8) is 0 Å². The van der Waals surface area contributed by atoms with E-state index < -0.39 is 24.0 Å². The van der Waals surface area contributed by atoms with E-state index in [0.717, 1.165) is 4.90 Å². The summed E-state index contributed by atoms with van der Waals surface area (Å²) in [6.45, 7) is 10.9. The molecule has 1 aliphatic rings. The second-order valence-corrected chi connectivity index (χ2v) is 5.18. The molecule has 2 amide bonds. The highest BCUT2D eigenvalue weighted by Gasteiger charge is 2.42. The third-order valence-electron chi connectivity index (χ3n) is 3.28. The van der Waals surface area contributed by atoms with Crippen LogP contribution in [0.25, 0.3) is 0 Å². The molecule has 1 fully saturated rings. The summed E-state index contributed by atoms with van der Waals surface area (Å²) in [6.07, 6.45) is -1.57. The maximum absolute atomic E-state index is 12.2. The van der Waals surface area contributed by atoms with E-state index >= 15 is 0 Å². The number of aliphatic hydroxyl groups excluding tert-OH is 1. The van der Waals surface area contributed by atoms with Gasteiger partial charge in [0.1, 0.15) is 6.61 Å². The highest BCUT2D eigenvalue weighted by atomic mass is 16.6. The minimum Gasteiger partial charge on any atom is -0.447 e. The average molecular weight is 255 g/mol. The van der Waals surface area contributed by atoms with Crippen LogP contribution < -0.4 is 0 Å². The average Bonchev–Trinajstić information content (AvgIpc) is 2.68. The molecule has 5 nitrogen and oxygen atoms in total. The lowest BCUT2D eigenvalue weighted by molar-refractivity contribution is -0.136. The molecule has 1 saturated heterocycles. The zero-order valence-corrected chi connectivity index (χ0v) is 11.3. The Labute approximate surface area is 107 Å². The van der Waals surface area contributed by atoms with Crippen LogP contribution in [-0.4, -0.2) is 40.8 Å². The van der Waals surface area contributed by atoms with Gasteiger partial charge in [-0.15, -0.1) is 0 Å². The van der Waals surface area contributed by atoms with Crippen molar-refractivity contribution in [3.8, 4) is 0 Å². The van der Waals surface area contributed by atoms with Crippen LogP contribution in [0.3, 0.4) is 0 Å². The van der Waals surface area contributed by atoms with Gasteiger partial charge >= 0.3 is 6.09 Å². The first-order chi connectivity index (χ1) is 8.27. The van der Waals surface area contributed by atoms with Crippen LogP contribution in [0.5, 0.6) is 0 Å². The number of hydrogen-bond acceptors (Lipinski definition) is 4. The Morgan fingerprint density at radius 3 is 2.50 bits per heavy atom. The van der Waals surface area contributed by atoms with Gasteiger partial charge in [0, 0.05) is 0 Å². The molecule has 1 aliphatic heterocycles. The Morgan fingerprint density at radius 2 is 2.06 bits per heavy atom. The summed E-state index contributed by atoms with van der Waals surface area (Å²) in [4.78, 5) is 25.0. The van der Waals surface area contributed by atoms with Gasteiger partial charge in [-0.05, 0) is 12.8 Å². The van der Waals surface area contributed by atoms with Crippen molar-refractivity contribution >= 4 is 12.0 Å². The summed E-state index contributed by atoms with van der Waals surface area (Å²) >= 11 is 0. The second-order valence-electron chi connectivity index (χ2n) is 5.18. The zero-order valence-electron chi connectivity index (χ0n) is 11.3. The lowest BCUT2D eigenvalue weighted by Gasteiger charge is -2.27. The molecule has 102 valence electrons. The second kappa shape index (κ2) is 5.52. The van der Waals surface area contributed by atoms with Gasteiger partial charge in [-0.3, -0.25) is 4.79 Å². The van der Waals surface area contributed by atoms with Gasteiger partial charge in [-0.2, -0.15) is 0 Å². The zero-order chi connectivity index (χ0) is 14.0. The minimum absolute atomic E-state index is 0.120. The Balaban J connectivity index is 2.87. The van der Waals surface area contributed by atoms with E-state index in [0.29, 0.717) is 5.57 Å². The van der Waals surface area contributed by atoms with Crippen molar-refractivity contribution in [2.24, 2.45) is 11.8 Å². The standard InChI is InChI=1S/C13H21NO4/c1-7(2)10-6-18-13(17)14(10)12(16)9(5)11(15)8(3)4/h7,9-11,15H,3,6H2,1-2,4-5H3/t9-,10-,11-/m1/s1. The van der Waals surface area contributed by atoms with Gasteiger partial charge in [0.25, 0.3) is 0 Å². The summed E-state index contributed by atoms with van der Waals surface area (Å²) in [5, 5.41) is 9.84. The highest BCUT2D eigenvalue weighted by Crippen LogP contribution is 2.24. The first-order valence-corrected chi connectivity index (χ1v) is 6.10. The maximum atomic E-state index is 12.2. The molecule has 0 aliphatic carbocycles. The van der Waals surface area contributed by atoms with E-state index in [-0.39, 0.29) is 18.6 Å². The summed E-state index contributed by atoms with van der Waals surface area (Å²) in [5.41, 5.74) is 0.504. The van der Waals surface area contributed by atoms with E-state index in [9.17, 15) is 14.7 Å². The Hall–Kier alpha value is -1.36. The van der Waals surface area contributed by atoms with Crippen molar-refractivity contribution in [3.05, 3.63) is 12.2 Å². The largest absolute Gasteiger partial charge is 0.447 e. The van der Waals surface area contributed by atoms with Crippen LogP contribution >= 0.6 is 0 Å². The first kappa shape index (κ1) is 14.7. The van der Waals surface area contributed by atoms with Crippen LogP contribution in [0, 0.1) is 11.8 Å². The molecular formula is C13H21NO4. The van der Waals surface area contributed by atoms with Crippen molar-refractivity contribution in [1.82, 2.24) is 4.90 Å². The molecule has 0 radical (unpaired) electrons. The fourth-order valence-electron chi connectivity index (χ4n) is 1.96. The third-order valence-corrected chi connectivity index (χ3v) is 3.28. The van der Waals surface area contributed by atoms with Crippen molar-refractivity contribution < 1.29 is 19.4 Å². The highest BCUT2D eigenvalue weighted by molar-refractivity contribution is 5.95. The molecule has 0 bridgehead atoms.